The lowest BCUT2D eigenvalue weighted by Crippen LogP contribution is -2.51. The minimum absolute atomic E-state index is 0.172. The zero-order valence-electron chi connectivity index (χ0n) is 12.0. The lowest BCUT2D eigenvalue weighted by Gasteiger charge is -2.34. The Labute approximate surface area is 127 Å². The van der Waals surface area contributed by atoms with Crippen molar-refractivity contribution in [1.82, 2.24) is 4.90 Å². The van der Waals surface area contributed by atoms with Gasteiger partial charge in [0, 0.05) is 13.0 Å². The second-order valence-electron chi connectivity index (χ2n) is 5.29. The molecule has 22 heavy (non-hydrogen) atoms. The molecule has 6 heteroatoms. The molecule has 0 fully saturated rings. The number of rotatable bonds is 3. The van der Waals surface area contributed by atoms with Crippen molar-refractivity contribution in [2.75, 3.05) is 0 Å². The van der Waals surface area contributed by atoms with Gasteiger partial charge in [-0.05, 0) is 23.3 Å². The summed E-state index contributed by atoms with van der Waals surface area (Å²) in [7, 11) is 0. The summed E-state index contributed by atoms with van der Waals surface area (Å²) in [6.07, 6.45) is 0.418. The van der Waals surface area contributed by atoms with Crippen molar-refractivity contribution in [1.29, 1.82) is 0 Å². The number of amides is 2. The van der Waals surface area contributed by atoms with Crippen LogP contribution in [0, 0.1) is 0 Å². The molecule has 3 rings (SSSR count). The normalized spacial score (nSPS) is 17.1. The van der Waals surface area contributed by atoms with Crippen LogP contribution in [0.3, 0.4) is 0 Å². The van der Waals surface area contributed by atoms with Gasteiger partial charge in [-0.15, -0.1) is 0 Å². The first kappa shape index (κ1) is 14.3. The predicted molar refractivity (Wildman–Crippen MR) is 79.6 cm³/mol. The van der Waals surface area contributed by atoms with Gasteiger partial charge < -0.3 is 20.8 Å². The zero-order chi connectivity index (χ0) is 15.7. The molecule has 1 aromatic heterocycles. The average molecular weight is 299 g/mol. The maximum Gasteiger partial charge on any atom is 0.290 e. The largest absolute Gasteiger partial charge is 0.455 e. The lowest BCUT2D eigenvalue weighted by molar-refractivity contribution is -0.122. The second-order valence-corrected chi connectivity index (χ2v) is 5.29. The Balaban J connectivity index is 1.93. The SMILES string of the molecule is NCc1ccc(C(=O)N2Cc3ccccc3CC2C(N)=O)o1. The van der Waals surface area contributed by atoms with E-state index in [9.17, 15) is 9.59 Å². The van der Waals surface area contributed by atoms with Crippen LogP contribution < -0.4 is 11.5 Å². The Morgan fingerprint density at radius 1 is 1.18 bits per heavy atom. The third-order valence-corrected chi connectivity index (χ3v) is 3.91. The van der Waals surface area contributed by atoms with Gasteiger partial charge in [0.1, 0.15) is 11.8 Å². The first-order valence-corrected chi connectivity index (χ1v) is 7.06. The summed E-state index contributed by atoms with van der Waals surface area (Å²) in [5, 5.41) is 0. The van der Waals surface area contributed by atoms with Crippen molar-refractivity contribution in [3.05, 3.63) is 59.0 Å². The quantitative estimate of drug-likeness (QED) is 0.874. The monoisotopic (exact) mass is 299 g/mol. The maximum atomic E-state index is 12.6. The van der Waals surface area contributed by atoms with Crippen molar-refractivity contribution in [3.8, 4) is 0 Å². The summed E-state index contributed by atoms with van der Waals surface area (Å²) in [5.74, 6) is -0.172. The van der Waals surface area contributed by atoms with E-state index in [0.717, 1.165) is 11.1 Å². The summed E-state index contributed by atoms with van der Waals surface area (Å²) in [6, 6.07) is 10.3. The molecule has 114 valence electrons. The predicted octanol–water partition coefficient (Wildman–Crippen LogP) is 0.791. The van der Waals surface area contributed by atoms with Gasteiger partial charge in [0.05, 0.1) is 6.54 Å². The first-order chi connectivity index (χ1) is 10.6. The highest BCUT2D eigenvalue weighted by Crippen LogP contribution is 2.25. The molecule has 0 aliphatic carbocycles. The minimum Gasteiger partial charge on any atom is -0.455 e. The van der Waals surface area contributed by atoms with Gasteiger partial charge in [-0.3, -0.25) is 9.59 Å². The molecule has 1 aliphatic heterocycles. The van der Waals surface area contributed by atoms with Gasteiger partial charge in [-0.25, -0.2) is 0 Å². The van der Waals surface area contributed by atoms with E-state index in [0.29, 0.717) is 18.7 Å². The summed E-state index contributed by atoms with van der Waals surface area (Å²) >= 11 is 0. The molecule has 6 nitrogen and oxygen atoms in total. The molecule has 0 spiro atoms. The molecule has 1 aromatic carbocycles. The van der Waals surface area contributed by atoms with Gasteiger partial charge >= 0.3 is 0 Å². The van der Waals surface area contributed by atoms with Gasteiger partial charge in [-0.1, -0.05) is 24.3 Å². The number of hydrogen-bond donors (Lipinski definition) is 2. The van der Waals surface area contributed by atoms with E-state index in [1.54, 1.807) is 12.1 Å². The van der Waals surface area contributed by atoms with Gasteiger partial charge in [0.15, 0.2) is 5.76 Å². The first-order valence-electron chi connectivity index (χ1n) is 7.06. The summed E-state index contributed by atoms with van der Waals surface area (Å²) in [4.78, 5) is 25.8. The van der Waals surface area contributed by atoms with Gasteiger partial charge in [-0.2, -0.15) is 0 Å². The Kier molecular flexibility index (Phi) is 3.68. The molecule has 1 unspecified atom stereocenters. The Morgan fingerprint density at radius 2 is 1.91 bits per heavy atom. The number of fused-ring (bicyclic) bond motifs is 1. The fraction of sp³-hybridized carbons (Fsp3) is 0.250. The molecule has 2 aromatic rings. The third-order valence-electron chi connectivity index (χ3n) is 3.91. The van der Waals surface area contributed by atoms with Gasteiger partial charge in [0.25, 0.3) is 5.91 Å². The summed E-state index contributed by atoms with van der Waals surface area (Å²) in [6.45, 7) is 0.552. The molecule has 0 bridgehead atoms. The minimum atomic E-state index is -0.672. The van der Waals surface area contributed by atoms with E-state index in [4.69, 9.17) is 15.9 Å². The van der Waals surface area contributed by atoms with Gasteiger partial charge in [0.2, 0.25) is 5.91 Å². The number of furan rings is 1. The smallest absolute Gasteiger partial charge is 0.290 e. The van der Waals surface area contributed by atoms with E-state index in [1.807, 2.05) is 24.3 Å². The number of nitrogens with two attached hydrogens (primary N) is 2. The van der Waals surface area contributed by atoms with Crippen LogP contribution >= 0.6 is 0 Å². The highest BCUT2D eigenvalue weighted by molar-refractivity contribution is 5.95. The standard InChI is InChI=1S/C16H17N3O3/c17-8-12-5-6-14(22-12)16(21)19-9-11-4-2-1-3-10(11)7-13(19)15(18)20/h1-6,13H,7-9,17H2,(H2,18,20). The van der Waals surface area contributed by atoms with Crippen LogP contribution in [-0.4, -0.2) is 22.8 Å². The number of carbonyl (C=O) groups is 2. The molecular weight excluding hydrogens is 282 g/mol. The van der Waals surface area contributed by atoms with Crippen LogP contribution in [0.25, 0.3) is 0 Å². The van der Waals surface area contributed by atoms with Crippen LogP contribution in [0.2, 0.25) is 0 Å². The molecule has 1 aliphatic rings. The second kappa shape index (κ2) is 5.65. The van der Waals surface area contributed by atoms with E-state index in [2.05, 4.69) is 0 Å². The van der Waals surface area contributed by atoms with Crippen LogP contribution in [0.5, 0.6) is 0 Å². The van der Waals surface area contributed by atoms with Crippen LogP contribution in [0.1, 0.15) is 27.4 Å². The lowest BCUT2D eigenvalue weighted by atomic mass is 9.93. The van der Waals surface area contributed by atoms with Crippen molar-refractivity contribution in [3.63, 3.8) is 0 Å². The van der Waals surface area contributed by atoms with Crippen LogP contribution in [0.15, 0.2) is 40.8 Å². The van der Waals surface area contributed by atoms with Crippen molar-refractivity contribution in [2.45, 2.75) is 25.6 Å². The highest BCUT2D eigenvalue weighted by Gasteiger charge is 2.34. The Morgan fingerprint density at radius 3 is 2.55 bits per heavy atom. The topological polar surface area (TPSA) is 103 Å². The number of nitrogens with zero attached hydrogens (tertiary/aromatic N) is 1. The Hall–Kier alpha value is -2.60. The average Bonchev–Trinajstić information content (AvgIpc) is 3.02. The van der Waals surface area contributed by atoms with E-state index in [1.165, 1.54) is 4.90 Å². The van der Waals surface area contributed by atoms with Crippen LogP contribution in [-0.2, 0) is 24.3 Å². The van der Waals surface area contributed by atoms with Crippen molar-refractivity contribution >= 4 is 11.8 Å². The Bertz CT molecular complexity index is 723. The number of primary amides is 1. The number of benzene rings is 1. The molecule has 4 N–H and O–H groups in total. The van der Waals surface area contributed by atoms with Crippen molar-refractivity contribution in [2.24, 2.45) is 11.5 Å². The van der Waals surface area contributed by atoms with Crippen molar-refractivity contribution < 1.29 is 14.0 Å². The fourth-order valence-electron chi connectivity index (χ4n) is 2.73. The molecular formula is C16H17N3O3. The van der Waals surface area contributed by atoms with E-state index < -0.39 is 11.9 Å². The number of hydrogen-bond acceptors (Lipinski definition) is 4. The number of carbonyl (C=O) groups excluding carboxylic acids is 2. The molecule has 0 saturated carbocycles. The maximum absolute atomic E-state index is 12.6. The van der Waals surface area contributed by atoms with Crippen LogP contribution in [0.4, 0.5) is 0 Å². The molecule has 2 heterocycles. The highest BCUT2D eigenvalue weighted by atomic mass is 16.4. The fourth-order valence-corrected chi connectivity index (χ4v) is 2.73. The summed E-state index contributed by atoms with van der Waals surface area (Å²) in [5.41, 5.74) is 13.0. The summed E-state index contributed by atoms with van der Waals surface area (Å²) < 4.78 is 5.40. The molecule has 2 amide bonds. The molecule has 0 radical (unpaired) electrons. The molecule has 1 atom stereocenters. The zero-order valence-corrected chi connectivity index (χ0v) is 12.0. The third kappa shape index (κ3) is 2.48. The van der Waals surface area contributed by atoms with E-state index in [-0.39, 0.29) is 18.2 Å². The van der Waals surface area contributed by atoms with E-state index >= 15 is 0 Å². The molecule has 0 saturated heterocycles.